The summed E-state index contributed by atoms with van der Waals surface area (Å²) in [5, 5.41) is 0. The molecule has 0 aliphatic rings. The van der Waals surface area contributed by atoms with Gasteiger partial charge in [-0.2, -0.15) is 0 Å². The maximum absolute atomic E-state index is 13.1. The van der Waals surface area contributed by atoms with Gasteiger partial charge in [0.1, 0.15) is 6.61 Å². The first-order valence-electron chi connectivity index (χ1n) is 4.56. The molecule has 0 N–H and O–H groups in total. The van der Waals surface area contributed by atoms with Crippen LogP contribution in [-0.2, 0) is 4.74 Å². The molecule has 0 atom stereocenters. The van der Waals surface area contributed by atoms with Gasteiger partial charge < -0.3 is 22.4 Å². The second-order valence-electron chi connectivity index (χ2n) is 3.11. The fraction of sp³-hybridized carbons (Fsp3) is 0.333. The summed E-state index contributed by atoms with van der Waals surface area (Å²) in [7, 11) is 1.41. The molecule has 0 radical (unpaired) electrons. The fourth-order valence-corrected chi connectivity index (χ4v) is 1.07. The third kappa shape index (κ3) is 5.71. The van der Waals surface area contributed by atoms with Crippen LogP contribution >= 0.6 is 0 Å². The SMILES string of the molecule is COCCOc1cc([B-](F)(F)F)ccc1F.[K+]. The molecule has 1 aromatic rings. The van der Waals surface area contributed by atoms with E-state index in [1.54, 1.807) is 0 Å². The molecule has 2 nitrogen and oxygen atoms in total. The Bertz CT molecular complexity index is 359. The number of hydrogen-bond donors (Lipinski definition) is 0. The Morgan fingerprint density at radius 2 is 1.82 bits per heavy atom. The van der Waals surface area contributed by atoms with Gasteiger partial charge in [-0.25, -0.2) is 4.39 Å². The zero-order valence-corrected chi connectivity index (χ0v) is 12.7. The van der Waals surface area contributed by atoms with E-state index < -0.39 is 24.0 Å². The Morgan fingerprint density at radius 1 is 1.18 bits per heavy atom. The first-order valence-corrected chi connectivity index (χ1v) is 4.56. The summed E-state index contributed by atoms with van der Waals surface area (Å²) in [5.74, 6) is -1.23. The summed E-state index contributed by atoms with van der Waals surface area (Å²) in [5.41, 5.74) is -0.881. The number of benzene rings is 1. The minimum Gasteiger partial charge on any atom is -0.488 e. The van der Waals surface area contributed by atoms with Crippen molar-refractivity contribution in [2.24, 2.45) is 0 Å². The van der Waals surface area contributed by atoms with E-state index in [2.05, 4.69) is 4.74 Å². The minimum atomic E-state index is -5.14. The van der Waals surface area contributed by atoms with Crippen LogP contribution in [0.2, 0.25) is 0 Å². The normalized spacial score (nSPS) is 10.9. The summed E-state index contributed by atoms with van der Waals surface area (Å²) in [6.45, 7) is -4.96. The van der Waals surface area contributed by atoms with Gasteiger partial charge in [-0.1, -0.05) is 6.07 Å². The summed E-state index contributed by atoms with van der Waals surface area (Å²) in [6.07, 6.45) is 0. The predicted octanol–water partition coefficient (Wildman–Crippen LogP) is -1.09. The predicted molar refractivity (Wildman–Crippen MR) is 52.5 cm³/mol. The van der Waals surface area contributed by atoms with Crippen molar-refractivity contribution >= 4 is 12.4 Å². The number of hydrogen-bond acceptors (Lipinski definition) is 2. The minimum absolute atomic E-state index is 0. The molecular formula is C9H10BF4KO2. The molecular weight excluding hydrogens is 266 g/mol. The van der Waals surface area contributed by atoms with Gasteiger partial charge in [0.25, 0.3) is 0 Å². The van der Waals surface area contributed by atoms with Gasteiger partial charge in [-0.15, -0.1) is 5.46 Å². The Labute approximate surface area is 139 Å². The number of rotatable bonds is 5. The van der Waals surface area contributed by atoms with Gasteiger partial charge in [-0.3, -0.25) is 0 Å². The molecule has 1 rings (SSSR count). The zero-order valence-electron chi connectivity index (χ0n) is 9.55. The van der Waals surface area contributed by atoms with Crippen LogP contribution in [0.1, 0.15) is 0 Å². The number of methoxy groups -OCH3 is 1. The van der Waals surface area contributed by atoms with Crippen LogP contribution in [0, 0.1) is 5.82 Å². The maximum Gasteiger partial charge on any atom is 1.00 e. The molecule has 0 heterocycles. The van der Waals surface area contributed by atoms with Crippen LogP contribution in [0.5, 0.6) is 5.75 Å². The zero-order chi connectivity index (χ0) is 12.2. The molecule has 90 valence electrons. The quantitative estimate of drug-likeness (QED) is 0.386. The van der Waals surface area contributed by atoms with E-state index in [-0.39, 0.29) is 64.6 Å². The van der Waals surface area contributed by atoms with E-state index in [0.717, 1.165) is 6.07 Å². The van der Waals surface area contributed by atoms with E-state index >= 15 is 0 Å². The third-order valence-electron chi connectivity index (χ3n) is 1.88. The van der Waals surface area contributed by atoms with Crippen LogP contribution in [0.25, 0.3) is 0 Å². The summed E-state index contributed by atoms with van der Waals surface area (Å²) in [6, 6.07) is 2.09. The Morgan fingerprint density at radius 3 is 2.35 bits per heavy atom. The molecule has 0 fully saturated rings. The summed E-state index contributed by atoms with van der Waals surface area (Å²) >= 11 is 0. The Hall–Kier alpha value is 0.401. The number of ether oxygens (including phenoxy) is 2. The maximum atomic E-state index is 13.1. The first kappa shape index (κ1) is 17.4. The van der Waals surface area contributed by atoms with Gasteiger partial charge in [0.2, 0.25) is 0 Å². The Balaban J connectivity index is 0.00000256. The summed E-state index contributed by atoms with van der Waals surface area (Å²) < 4.78 is 59.6. The molecule has 0 amide bonds. The van der Waals surface area contributed by atoms with Crippen LogP contribution in [0.4, 0.5) is 17.3 Å². The molecule has 0 aliphatic heterocycles. The van der Waals surface area contributed by atoms with Crippen molar-refractivity contribution in [1.82, 2.24) is 0 Å². The van der Waals surface area contributed by atoms with Crippen molar-refractivity contribution in [3.05, 3.63) is 24.0 Å². The average Bonchev–Trinajstić information content (AvgIpc) is 2.19. The van der Waals surface area contributed by atoms with Crippen LogP contribution in [0.3, 0.4) is 0 Å². The van der Waals surface area contributed by atoms with Gasteiger partial charge in [-0.05, 0) is 12.1 Å². The third-order valence-corrected chi connectivity index (χ3v) is 1.88. The van der Waals surface area contributed by atoms with Crippen molar-refractivity contribution in [3.8, 4) is 5.75 Å². The monoisotopic (exact) mass is 276 g/mol. The van der Waals surface area contributed by atoms with Gasteiger partial charge >= 0.3 is 58.4 Å². The van der Waals surface area contributed by atoms with Gasteiger partial charge in [0, 0.05) is 7.11 Å². The van der Waals surface area contributed by atoms with E-state index in [9.17, 15) is 17.3 Å². The largest absolute Gasteiger partial charge is 1.00 e. The second kappa shape index (κ2) is 7.75. The molecule has 0 unspecified atom stereocenters. The molecule has 8 heteroatoms. The molecule has 0 aromatic heterocycles. The second-order valence-corrected chi connectivity index (χ2v) is 3.11. The van der Waals surface area contributed by atoms with E-state index in [4.69, 9.17) is 4.74 Å². The van der Waals surface area contributed by atoms with Crippen LogP contribution in [-0.4, -0.2) is 27.3 Å². The van der Waals surface area contributed by atoms with Crippen molar-refractivity contribution < 1.29 is 78.2 Å². The molecule has 0 bridgehead atoms. The first-order chi connectivity index (χ1) is 7.45. The van der Waals surface area contributed by atoms with Crippen LogP contribution < -0.4 is 61.6 Å². The molecule has 17 heavy (non-hydrogen) atoms. The van der Waals surface area contributed by atoms with Crippen molar-refractivity contribution in [1.29, 1.82) is 0 Å². The molecule has 0 saturated heterocycles. The molecule has 1 aromatic carbocycles. The summed E-state index contributed by atoms with van der Waals surface area (Å²) in [4.78, 5) is 0. The van der Waals surface area contributed by atoms with Crippen molar-refractivity contribution in [3.63, 3.8) is 0 Å². The van der Waals surface area contributed by atoms with Crippen molar-refractivity contribution in [2.75, 3.05) is 20.3 Å². The van der Waals surface area contributed by atoms with E-state index in [1.807, 2.05) is 0 Å². The van der Waals surface area contributed by atoms with Gasteiger partial charge in [0.05, 0.1) is 6.61 Å². The van der Waals surface area contributed by atoms with E-state index in [1.165, 1.54) is 7.11 Å². The molecule has 0 aliphatic carbocycles. The average molecular weight is 276 g/mol. The molecule has 0 spiro atoms. The van der Waals surface area contributed by atoms with Crippen molar-refractivity contribution in [2.45, 2.75) is 0 Å². The standard InChI is InChI=1S/C9H10BF4O2.K/c1-15-4-5-16-9-6-7(10(12,13)14)2-3-8(9)11;/h2-3,6H,4-5H2,1H3;/q-1;+1. The van der Waals surface area contributed by atoms with E-state index in [0.29, 0.717) is 12.1 Å². The smallest absolute Gasteiger partial charge is 0.488 e. The topological polar surface area (TPSA) is 18.5 Å². The van der Waals surface area contributed by atoms with Crippen LogP contribution in [0.15, 0.2) is 18.2 Å². The number of halogens is 4. The molecule has 0 saturated carbocycles. The van der Waals surface area contributed by atoms with Gasteiger partial charge in [0.15, 0.2) is 11.6 Å². The fourth-order valence-electron chi connectivity index (χ4n) is 1.07. The Kier molecular flexibility index (Phi) is 7.94.